The zero-order valence-corrected chi connectivity index (χ0v) is 15.4. The summed E-state index contributed by atoms with van der Waals surface area (Å²) in [7, 11) is 0. The van der Waals surface area contributed by atoms with Crippen molar-refractivity contribution in [2.24, 2.45) is 0 Å². The quantitative estimate of drug-likeness (QED) is 0.450. The van der Waals surface area contributed by atoms with Crippen LogP contribution in [0.2, 0.25) is 5.02 Å². The number of nitro groups is 1. The molecule has 0 radical (unpaired) electrons. The summed E-state index contributed by atoms with van der Waals surface area (Å²) in [5.41, 5.74) is 0.652. The lowest BCUT2D eigenvalue weighted by molar-refractivity contribution is -0.384. The van der Waals surface area contributed by atoms with Crippen LogP contribution >= 0.6 is 23.4 Å². The zero-order chi connectivity index (χ0) is 19.6. The van der Waals surface area contributed by atoms with Gasteiger partial charge in [-0.3, -0.25) is 19.7 Å². The average molecular weight is 405 g/mol. The zero-order valence-electron chi connectivity index (χ0n) is 13.8. The Morgan fingerprint density at radius 3 is 2.33 bits per heavy atom. The maximum atomic E-state index is 13.0. The van der Waals surface area contributed by atoms with Gasteiger partial charge < -0.3 is 5.11 Å². The molecule has 138 valence electrons. The minimum Gasteiger partial charge on any atom is -0.396 e. The summed E-state index contributed by atoms with van der Waals surface area (Å²) in [5.74, 6) is -0.886. The number of carbonyl (C=O) groups is 2. The molecular weight excluding hydrogens is 392 g/mol. The average Bonchev–Trinajstić information content (AvgIpc) is 2.90. The Morgan fingerprint density at radius 1 is 1.07 bits per heavy atom. The SMILES string of the molecule is O=C1C(SCCO)=C(c2ccc([N+](=O)[O-])cc2)C(=O)N1c1ccccc1Cl. The van der Waals surface area contributed by atoms with Crippen LogP contribution in [0.4, 0.5) is 11.4 Å². The van der Waals surface area contributed by atoms with E-state index in [0.29, 0.717) is 5.56 Å². The largest absolute Gasteiger partial charge is 0.396 e. The number of para-hydroxylation sites is 1. The number of benzene rings is 2. The number of nitro benzene ring substituents is 1. The Hall–Kier alpha value is -2.68. The van der Waals surface area contributed by atoms with Crippen LogP contribution in [0.3, 0.4) is 0 Å². The van der Waals surface area contributed by atoms with Crippen molar-refractivity contribution in [3.05, 3.63) is 74.1 Å². The summed E-state index contributed by atoms with van der Waals surface area (Å²) in [4.78, 5) is 37.4. The van der Waals surface area contributed by atoms with E-state index in [9.17, 15) is 19.7 Å². The summed E-state index contributed by atoms with van der Waals surface area (Å²) in [6.45, 7) is -0.171. The number of carbonyl (C=O) groups excluding carboxylic acids is 2. The number of hydrogen-bond donors (Lipinski definition) is 1. The lowest BCUT2D eigenvalue weighted by Gasteiger charge is -2.16. The van der Waals surface area contributed by atoms with Gasteiger partial charge >= 0.3 is 0 Å². The molecule has 2 amide bonds. The van der Waals surface area contributed by atoms with Crippen LogP contribution in [0.1, 0.15) is 5.56 Å². The molecule has 0 bridgehead atoms. The number of anilines is 1. The maximum Gasteiger partial charge on any atom is 0.272 e. The van der Waals surface area contributed by atoms with Gasteiger partial charge in [0.2, 0.25) is 0 Å². The molecule has 7 nitrogen and oxygen atoms in total. The summed E-state index contributed by atoms with van der Waals surface area (Å²) >= 11 is 7.20. The molecule has 1 aliphatic heterocycles. The monoisotopic (exact) mass is 404 g/mol. The second-order valence-electron chi connectivity index (χ2n) is 5.48. The first-order chi connectivity index (χ1) is 13.0. The van der Waals surface area contributed by atoms with Gasteiger partial charge in [-0.05, 0) is 29.8 Å². The van der Waals surface area contributed by atoms with Gasteiger partial charge in [-0.25, -0.2) is 4.90 Å². The molecule has 0 spiro atoms. The Kier molecular flexibility index (Phi) is 5.59. The Balaban J connectivity index is 2.08. The van der Waals surface area contributed by atoms with Crippen LogP contribution in [0.25, 0.3) is 5.57 Å². The highest BCUT2D eigenvalue weighted by atomic mass is 35.5. The van der Waals surface area contributed by atoms with E-state index in [-0.39, 0.29) is 39.2 Å². The summed E-state index contributed by atoms with van der Waals surface area (Å²) in [5, 5.41) is 20.2. The normalized spacial score (nSPS) is 14.2. The number of halogens is 1. The van der Waals surface area contributed by atoms with Crippen molar-refractivity contribution in [3.8, 4) is 0 Å². The highest BCUT2D eigenvalue weighted by Gasteiger charge is 2.40. The van der Waals surface area contributed by atoms with Crippen molar-refractivity contribution >= 4 is 52.1 Å². The van der Waals surface area contributed by atoms with Gasteiger partial charge in [0.25, 0.3) is 17.5 Å². The van der Waals surface area contributed by atoms with E-state index < -0.39 is 16.7 Å². The molecule has 1 heterocycles. The first kappa shape index (κ1) is 19.1. The standard InChI is InChI=1S/C18H13ClN2O5S/c19-13-3-1-2-4-14(13)20-17(23)15(16(18(20)24)27-10-9-22)11-5-7-12(8-6-11)21(25)26/h1-8,22H,9-10H2. The number of thioether (sulfide) groups is 1. The third-order valence-corrected chi connectivity index (χ3v) is 5.21. The number of aliphatic hydroxyl groups excluding tert-OH is 1. The van der Waals surface area contributed by atoms with E-state index in [1.54, 1.807) is 24.3 Å². The molecule has 0 atom stereocenters. The molecule has 0 aliphatic carbocycles. The molecule has 0 unspecified atom stereocenters. The van der Waals surface area contributed by atoms with Gasteiger partial charge in [-0.1, -0.05) is 23.7 Å². The summed E-state index contributed by atoms with van der Waals surface area (Å²) < 4.78 is 0. The number of hydrogen-bond acceptors (Lipinski definition) is 6. The topological polar surface area (TPSA) is 101 Å². The second-order valence-corrected chi connectivity index (χ2v) is 6.99. The van der Waals surface area contributed by atoms with E-state index in [1.807, 2.05) is 0 Å². The third kappa shape index (κ3) is 3.59. The molecule has 27 heavy (non-hydrogen) atoms. The molecule has 0 fully saturated rings. The number of nitrogens with zero attached hydrogens (tertiary/aromatic N) is 2. The van der Waals surface area contributed by atoms with Crippen LogP contribution in [-0.2, 0) is 9.59 Å². The van der Waals surface area contributed by atoms with Gasteiger partial charge in [0, 0.05) is 17.9 Å². The molecule has 2 aromatic rings. The molecule has 2 aromatic carbocycles. The molecule has 0 saturated heterocycles. The fourth-order valence-electron chi connectivity index (χ4n) is 2.65. The third-order valence-electron chi connectivity index (χ3n) is 3.84. The van der Waals surface area contributed by atoms with Crippen molar-refractivity contribution in [3.63, 3.8) is 0 Å². The van der Waals surface area contributed by atoms with Crippen molar-refractivity contribution in [1.29, 1.82) is 0 Å². The minimum atomic E-state index is -0.567. The summed E-state index contributed by atoms with van der Waals surface area (Å²) in [6.07, 6.45) is 0. The van der Waals surface area contributed by atoms with Crippen LogP contribution in [0.5, 0.6) is 0 Å². The van der Waals surface area contributed by atoms with E-state index in [0.717, 1.165) is 16.7 Å². The predicted molar refractivity (Wildman–Crippen MR) is 104 cm³/mol. The lowest BCUT2D eigenvalue weighted by Crippen LogP contribution is -2.31. The smallest absolute Gasteiger partial charge is 0.272 e. The highest BCUT2D eigenvalue weighted by Crippen LogP contribution is 2.40. The number of non-ortho nitro benzene ring substituents is 1. The summed E-state index contributed by atoms with van der Waals surface area (Å²) in [6, 6.07) is 11.9. The van der Waals surface area contributed by atoms with Gasteiger partial charge in [0.05, 0.1) is 32.7 Å². The van der Waals surface area contributed by atoms with Crippen molar-refractivity contribution in [2.45, 2.75) is 0 Å². The van der Waals surface area contributed by atoms with E-state index >= 15 is 0 Å². The molecule has 3 rings (SSSR count). The lowest BCUT2D eigenvalue weighted by atomic mass is 10.1. The van der Waals surface area contributed by atoms with Crippen LogP contribution < -0.4 is 4.90 Å². The molecule has 1 N–H and O–H groups in total. The number of aliphatic hydroxyl groups is 1. The van der Waals surface area contributed by atoms with Gasteiger partial charge in [-0.15, -0.1) is 11.8 Å². The van der Waals surface area contributed by atoms with E-state index in [2.05, 4.69) is 0 Å². The molecule has 9 heteroatoms. The fourth-order valence-corrected chi connectivity index (χ4v) is 3.73. The van der Waals surface area contributed by atoms with E-state index in [1.165, 1.54) is 24.3 Å². The van der Waals surface area contributed by atoms with Crippen molar-refractivity contribution in [1.82, 2.24) is 0 Å². The molecule has 0 saturated carbocycles. The van der Waals surface area contributed by atoms with Crippen LogP contribution in [-0.4, -0.2) is 34.2 Å². The first-order valence-corrected chi connectivity index (χ1v) is 9.18. The Bertz CT molecular complexity index is 958. The van der Waals surface area contributed by atoms with Crippen LogP contribution in [0, 0.1) is 10.1 Å². The van der Waals surface area contributed by atoms with E-state index in [4.69, 9.17) is 16.7 Å². The molecular formula is C18H13ClN2O5S. The Labute approximate surface area is 163 Å². The highest BCUT2D eigenvalue weighted by molar-refractivity contribution is 8.04. The predicted octanol–water partition coefficient (Wildman–Crippen LogP) is 3.26. The van der Waals surface area contributed by atoms with Gasteiger partial charge in [0.1, 0.15) is 0 Å². The van der Waals surface area contributed by atoms with Crippen molar-refractivity contribution in [2.75, 3.05) is 17.3 Å². The minimum absolute atomic E-state index is 0.122. The number of imide groups is 1. The molecule has 0 aromatic heterocycles. The molecule has 1 aliphatic rings. The van der Waals surface area contributed by atoms with Gasteiger partial charge in [0.15, 0.2) is 0 Å². The van der Waals surface area contributed by atoms with Gasteiger partial charge in [-0.2, -0.15) is 0 Å². The first-order valence-electron chi connectivity index (χ1n) is 7.81. The van der Waals surface area contributed by atoms with Crippen molar-refractivity contribution < 1.29 is 19.6 Å². The van der Waals surface area contributed by atoms with Crippen LogP contribution in [0.15, 0.2) is 53.4 Å². The fraction of sp³-hybridized carbons (Fsp3) is 0.111. The second kappa shape index (κ2) is 7.91. The number of rotatable bonds is 6. The Morgan fingerprint density at radius 2 is 1.74 bits per heavy atom. The number of amides is 2. The maximum absolute atomic E-state index is 13.0.